The summed E-state index contributed by atoms with van der Waals surface area (Å²) >= 11 is 0. The molecule has 0 spiro atoms. The fourth-order valence-electron chi connectivity index (χ4n) is 1.39. The van der Waals surface area contributed by atoms with E-state index in [1.807, 2.05) is 6.92 Å². The second kappa shape index (κ2) is 7.13. The van der Waals surface area contributed by atoms with Crippen molar-refractivity contribution >= 4 is 17.7 Å². The number of hydrogen-bond acceptors (Lipinski definition) is 6. The van der Waals surface area contributed by atoms with Crippen molar-refractivity contribution in [1.29, 1.82) is 0 Å². The van der Waals surface area contributed by atoms with E-state index >= 15 is 0 Å². The molecule has 1 aromatic rings. The van der Waals surface area contributed by atoms with Crippen LogP contribution < -0.4 is 0 Å². The number of hydrogen-bond donors (Lipinski definition) is 2. The summed E-state index contributed by atoms with van der Waals surface area (Å²) in [6.07, 6.45) is 4.02. The van der Waals surface area contributed by atoms with E-state index in [4.69, 9.17) is 4.74 Å². The number of ether oxygens (including phenoxy) is 1. The molecule has 0 amide bonds. The van der Waals surface area contributed by atoms with E-state index < -0.39 is 28.1 Å². The number of rotatable bonds is 6. The third-order valence-electron chi connectivity index (χ3n) is 2.44. The highest BCUT2D eigenvalue weighted by atomic mass is 16.6. The standard InChI is InChI=1S/C13H15NO6/c1-2-3-6-20-12(16)5-4-9-7-10(14(18)19)13(17)11(15)8-9/h4-5,7-8,15,17H,2-3,6H2,1H3. The van der Waals surface area contributed by atoms with Crippen molar-refractivity contribution in [2.24, 2.45) is 0 Å². The van der Waals surface area contributed by atoms with E-state index in [1.54, 1.807) is 0 Å². The Labute approximate surface area is 115 Å². The zero-order valence-electron chi connectivity index (χ0n) is 10.9. The van der Waals surface area contributed by atoms with Crippen molar-refractivity contribution < 1.29 is 24.7 Å². The molecule has 0 saturated carbocycles. The third kappa shape index (κ3) is 4.27. The quantitative estimate of drug-likeness (QED) is 0.207. The number of nitro groups is 1. The van der Waals surface area contributed by atoms with Gasteiger partial charge in [-0.1, -0.05) is 13.3 Å². The largest absolute Gasteiger partial charge is 0.504 e. The number of esters is 1. The van der Waals surface area contributed by atoms with Crippen molar-refractivity contribution in [2.45, 2.75) is 19.8 Å². The van der Waals surface area contributed by atoms with Crippen LogP contribution in [-0.2, 0) is 9.53 Å². The van der Waals surface area contributed by atoms with Crippen LogP contribution in [0.4, 0.5) is 5.69 Å². The molecule has 20 heavy (non-hydrogen) atoms. The van der Waals surface area contributed by atoms with Crippen molar-refractivity contribution in [3.63, 3.8) is 0 Å². The highest BCUT2D eigenvalue weighted by molar-refractivity contribution is 5.87. The maximum absolute atomic E-state index is 11.3. The number of carbonyl (C=O) groups is 1. The van der Waals surface area contributed by atoms with E-state index in [1.165, 1.54) is 6.08 Å². The first-order valence-electron chi connectivity index (χ1n) is 6.01. The predicted molar refractivity (Wildman–Crippen MR) is 71.3 cm³/mol. The van der Waals surface area contributed by atoms with Crippen molar-refractivity contribution in [3.05, 3.63) is 33.9 Å². The molecule has 2 N–H and O–H groups in total. The maximum atomic E-state index is 11.3. The zero-order valence-corrected chi connectivity index (χ0v) is 10.9. The van der Waals surface area contributed by atoms with Gasteiger partial charge in [0.2, 0.25) is 5.75 Å². The van der Waals surface area contributed by atoms with Gasteiger partial charge in [-0.15, -0.1) is 0 Å². The summed E-state index contributed by atoms with van der Waals surface area (Å²) in [6, 6.07) is 2.16. The lowest BCUT2D eigenvalue weighted by atomic mass is 10.1. The number of benzene rings is 1. The summed E-state index contributed by atoms with van der Waals surface area (Å²) in [7, 11) is 0. The Hall–Kier alpha value is -2.57. The number of phenolic OH excluding ortho intramolecular Hbond substituents is 2. The number of nitrogens with zero attached hydrogens (tertiary/aromatic N) is 1. The summed E-state index contributed by atoms with van der Waals surface area (Å²) in [6.45, 7) is 2.27. The number of nitro benzene ring substituents is 1. The van der Waals surface area contributed by atoms with E-state index in [9.17, 15) is 25.1 Å². The Kier molecular flexibility index (Phi) is 5.52. The van der Waals surface area contributed by atoms with Crippen LogP contribution in [0, 0.1) is 10.1 Å². The minimum absolute atomic E-state index is 0.208. The minimum Gasteiger partial charge on any atom is -0.504 e. The molecule has 0 radical (unpaired) electrons. The molecule has 0 heterocycles. The van der Waals surface area contributed by atoms with Gasteiger partial charge in [0.05, 0.1) is 11.5 Å². The number of unbranched alkanes of at least 4 members (excludes halogenated alkanes) is 1. The van der Waals surface area contributed by atoms with Gasteiger partial charge in [0.1, 0.15) is 0 Å². The average molecular weight is 281 g/mol. The Morgan fingerprint density at radius 3 is 2.75 bits per heavy atom. The molecule has 0 aliphatic carbocycles. The van der Waals surface area contributed by atoms with Crippen LogP contribution in [0.15, 0.2) is 18.2 Å². The van der Waals surface area contributed by atoms with Gasteiger partial charge >= 0.3 is 11.7 Å². The van der Waals surface area contributed by atoms with E-state index in [2.05, 4.69) is 0 Å². The van der Waals surface area contributed by atoms with Crippen LogP contribution in [0.1, 0.15) is 25.3 Å². The Balaban J connectivity index is 2.82. The SMILES string of the molecule is CCCCOC(=O)C=Cc1cc(O)c(O)c([N+](=O)[O-])c1. The van der Waals surface area contributed by atoms with Crippen molar-refractivity contribution in [1.82, 2.24) is 0 Å². The minimum atomic E-state index is -0.827. The smallest absolute Gasteiger partial charge is 0.330 e. The monoisotopic (exact) mass is 281 g/mol. The molecule has 0 fully saturated rings. The number of phenols is 2. The van der Waals surface area contributed by atoms with Crippen LogP contribution in [-0.4, -0.2) is 27.7 Å². The van der Waals surface area contributed by atoms with Gasteiger partial charge in [0.25, 0.3) is 0 Å². The topological polar surface area (TPSA) is 110 Å². The fourth-order valence-corrected chi connectivity index (χ4v) is 1.39. The first kappa shape index (κ1) is 15.5. The number of carbonyl (C=O) groups excluding carboxylic acids is 1. The summed E-state index contributed by atoms with van der Waals surface area (Å²) < 4.78 is 4.86. The van der Waals surface area contributed by atoms with Crippen molar-refractivity contribution in [3.8, 4) is 11.5 Å². The van der Waals surface area contributed by atoms with Crippen LogP contribution >= 0.6 is 0 Å². The van der Waals surface area contributed by atoms with E-state index in [-0.39, 0.29) is 5.56 Å². The average Bonchev–Trinajstić information content (AvgIpc) is 2.40. The lowest BCUT2D eigenvalue weighted by Crippen LogP contribution is -2.01. The summed E-state index contributed by atoms with van der Waals surface area (Å²) in [5.41, 5.74) is -0.427. The Bertz CT molecular complexity index is 538. The van der Waals surface area contributed by atoms with Crippen molar-refractivity contribution in [2.75, 3.05) is 6.61 Å². The van der Waals surface area contributed by atoms with Gasteiger partial charge in [-0.25, -0.2) is 4.79 Å². The molecule has 0 saturated heterocycles. The Morgan fingerprint density at radius 1 is 1.45 bits per heavy atom. The lowest BCUT2D eigenvalue weighted by molar-refractivity contribution is -0.386. The van der Waals surface area contributed by atoms with Gasteiger partial charge in [-0.2, -0.15) is 0 Å². The highest BCUT2D eigenvalue weighted by Crippen LogP contribution is 2.36. The lowest BCUT2D eigenvalue weighted by Gasteiger charge is -2.02. The molecular formula is C13H15NO6. The molecule has 0 bridgehead atoms. The Morgan fingerprint density at radius 2 is 2.15 bits per heavy atom. The first-order chi connectivity index (χ1) is 9.45. The van der Waals surface area contributed by atoms with Gasteiger partial charge in [0.15, 0.2) is 5.75 Å². The molecule has 0 aliphatic rings. The van der Waals surface area contributed by atoms with Crippen LogP contribution in [0.2, 0.25) is 0 Å². The van der Waals surface area contributed by atoms with Crippen LogP contribution in [0.3, 0.4) is 0 Å². The van der Waals surface area contributed by atoms with Crippen LogP contribution in [0.25, 0.3) is 6.08 Å². The normalized spacial score (nSPS) is 10.7. The molecule has 1 aromatic carbocycles. The molecule has 7 nitrogen and oxygen atoms in total. The third-order valence-corrected chi connectivity index (χ3v) is 2.44. The van der Waals surface area contributed by atoms with Gasteiger partial charge in [-0.3, -0.25) is 10.1 Å². The molecule has 7 heteroatoms. The van der Waals surface area contributed by atoms with Crippen LogP contribution in [0.5, 0.6) is 11.5 Å². The molecule has 1 rings (SSSR count). The molecule has 0 unspecified atom stereocenters. The fraction of sp³-hybridized carbons (Fsp3) is 0.308. The second-order valence-electron chi connectivity index (χ2n) is 4.02. The molecule has 108 valence electrons. The molecule has 0 aromatic heterocycles. The molecule has 0 aliphatic heterocycles. The second-order valence-corrected chi connectivity index (χ2v) is 4.02. The first-order valence-corrected chi connectivity index (χ1v) is 6.01. The van der Waals surface area contributed by atoms with Gasteiger partial charge in [0, 0.05) is 12.1 Å². The summed E-state index contributed by atoms with van der Waals surface area (Å²) in [4.78, 5) is 21.1. The predicted octanol–water partition coefficient (Wildman–Crippen LogP) is 2.36. The summed E-state index contributed by atoms with van der Waals surface area (Å²) in [5.74, 6) is -2.01. The van der Waals surface area contributed by atoms with E-state index in [0.717, 1.165) is 31.1 Å². The van der Waals surface area contributed by atoms with E-state index in [0.29, 0.717) is 6.61 Å². The number of aromatic hydroxyl groups is 2. The zero-order chi connectivity index (χ0) is 15.1. The van der Waals surface area contributed by atoms with Gasteiger partial charge in [-0.05, 0) is 24.1 Å². The molecule has 0 atom stereocenters. The molecular weight excluding hydrogens is 266 g/mol. The summed E-state index contributed by atoms with van der Waals surface area (Å²) in [5, 5.41) is 29.3. The maximum Gasteiger partial charge on any atom is 0.330 e. The highest BCUT2D eigenvalue weighted by Gasteiger charge is 2.18. The van der Waals surface area contributed by atoms with Gasteiger partial charge < -0.3 is 14.9 Å².